The molecule has 4 nitrogen and oxygen atoms in total. The fourth-order valence-electron chi connectivity index (χ4n) is 2.98. The molecule has 6 heteroatoms. The normalized spacial score (nSPS) is 23.3. The van der Waals surface area contributed by atoms with Gasteiger partial charge in [-0.15, -0.1) is 11.3 Å². The molecular formula is C18H21ClN2O2S. The van der Waals surface area contributed by atoms with Crippen LogP contribution in [-0.2, 0) is 15.1 Å². The van der Waals surface area contributed by atoms with Gasteiger partial charge in [-0.25, -0.2) is 4.98 Å². The van der Waals surface area contributed by atoms with Crippen molar-refractivity contribution in [1.29, 1.82) is 0 Å². The highest BCUT2D eigenvalue weighted by Gasteiger charge is 2.45. The summed E-state index contributed by atoms with van der Waals surface area (Å²) in [7, 11) is 0. The van der Waals surface area contributed by atoms with Gasteiger partial charge in [0.1, 0.15) is 0 Å². The van der Waals surface area contributed by atoms with Gasteiger partial charge in [0, 0.05) is 11.8 Å². The van der Waals surface area contributed by atoms with E-state index in [2.05, 4.69) is 17.2 Å². The molecule has 0 amide bonds. The first-order valence-electron chi connectivity index (χ1n) is 8.22. The van der Waals surface area contributed by atoms with Crippen LogP contribution in [0.5, 0.6) is 0 Å². The van der Waals surface area contributed by atoms with Crippen molar-refractivity contribution < 1.29 is 9.53 Å². The number of para-hydroxylation sites is 1. The van der Waals surface area contributed by atoms with Gasteiger partial charge in [0.2, 0.25) is 0 Å². The van der Waals surface area contributed by atoms with E-state index in [-0.39, 0.29) is 11.9 Å². The number of anilines is 2. The monoisotopic (exact) mass is 364 g/mol. The predicted octanol–water partition coefficient (Wildman–Crippen LogP) is 5.51. The Morgan fingerprint density at radius 1 is 1.46 bits per heavy atom. The summed E-state index contributed by atoms with van der Waals surface area (Å²) in [5.74, 6) is -0.115. The summed E-state index contributed by atoms with van der Waals surface area (Å²) in [6.07, 6.45) is 3.72. The molecule has 128 valence electrons. The van der Waals surface area contributed by atoms with Crippen LogP contribution in [0.3, 0.4) is 0 Å². The Morgan fingerprint density at radius 3 is 3.00 bits per heavy atom. The van der Waals surface area contributed by atoms with E-state index < -0.39 is 5.60 Å². The van der Waals surface area contributed by atoms with Crippen molar-refractivity contribution in [2.45, 2.75) is 45.1 Å². The van der Waals surface area contributed by atoms with Crippen LogP contribution in [-0.4, -0.2) is 11.0 Å². The number of halogens is 1. The number of ether oxygens (including phenoxy) is 1. The van der Waals surface area contributed by atoms with E-state index in [9.17, 15) is 4.79 Å². The molecule has 1 aromatic heterocycles. The van der Waals surface area contributed by atoms with Crippen molar-refractivity contribution in [2.75, 3.05) is 5.32 Å². The minimum atomic E-state index is -0.633. The van der Waals surface area contributed by atoms with Gasteiger partial charge in [-0.3, -0.25) is 4.79 Å². The topological polar surface area (TPSA) is 51.2 Å². The first kappa shape index (κ1) is 17.2. The minimum absolute atomic E-state index is 0.0170. The second-order valence-electron chi connectivity index (χ2n) is 6.34. The summed E-state index contributed by atoms with van der Waals surface area (Å²) < 4.78 is 5.68. The minimum Gasteiger partial charge on any atom is -0.453 e. The number of carbonyl (C=O) groups is 1. The lowest BCUT2D eigenvalue weighted by Crippen LogP contribution is -2.21. The molecule has 0 unspecified atom stereocenters. The molecular weight excluding hydrogens is 344 g/mol. The molecule has 0 aliphatic carbocycles. The number of thiazole rings is 1. The van der Waals surface area contributed by atoms with Crippen molar-refractivity contribution in [1.82, 2.24) is 4.98 Å². The number of aromatic nitrogens is 1. The molecule has 0 bridgehead atoms. The third-order valence-corrected chi connectivity index (χ3v) is 5.45. The summed E-state index contributed by atoms with van der Waals surface area (Å²) in [5.41, 5.74) is 0.982. The van der Waals surface area contributed by atoms with Crippen LogP contribution in [0.4, 0.5) is 10.8 Å². The number of hydrogen-bond donors (Lipinski definition) is 1. The lowest BCUT2D eigenvalue weighted by molar-refractivity contribution is -0.150. The molecule has 2 atom stereocenters. The Hall–Kier alpha value is -1.59. The summed E-state index contributed by atoms with van der Waals surface area (Å²) in [6, 6.07) is 7.54. The number of esters is 1. The van der Waals surface area contributed by atoms with Crippen LogP contribution in [0.25, 0.3) is 0 Å². The maximum Gasteiger partial charge on any atom is 0.310 e. The average Bonchev–Trinajstić information content (AvgIpc) is 3.13. The number of nitrogens with one attached hydrogen (secondary N) is 1. The fraction of sp³-hybridized carbons (Fsp3) is 0.444. The lowest BCUT2D eigenvalue weighted by atomic mass is 9.90. The van der Waals surface area contributed by atoms with Crippen molar-refractivity contribution in [3.05, 3.63) is 40.4 Å². The fourth-order valence-corrected chi connectivity index (χ4v) is 4.01. The molecule has 1 aliphatic rings. The maximum atomic E-state index is 12.1. The average molecular weight is 365 g/mol. The molecule has 24 heavy (non-hydrogen) atoms. The highest BCUT2D eigenvalue weighted by atomic mass is 35.5. The van der Waals surface area contributed by atoms with Gasteiger partial charge in [-0.2, -0.15) is 0 Å². The molecule has 0 radical (unpaired) electrons. The third-order valence-electron chi connectivity index (χ3n) is 4.36. The van der Waals surface area contributed by atoms with Gasteiger partial charge in [-0.1, -0.05) is 43.5 Å². The van der Waals surface area contributed by atoms with Crippen molar-refractivity contribution in [2.24, 2.45) is 5.92 Å². The molecule has 0 saturated carbocycles. The molecule has 1 aromatic carbocycles. The number of carbonyl (C=O) groups excluding carboxylic acids is 1. The van der Waals surface area contributed by atoms with Crippen LogP contribution in [0.2, 0.25) is 5.02 Å². The Morgan fingerprint density at radius 2 is 2.25 bits per heavy atom. The first-order valence-corrected chi connectivity index (χ1v) is 9.48. The number of hydrogen-bond acceptors (Lipinski definition) is 5. The SMILES string of the molecule is CCCC[C@H]1C[C@](C)(c2csc(Nc3ccccc3Cl)n2)OC1=O. The van der Waals surface area contributed by atoms with Crippen LogP contribution in [0.15, 0.2) is 29.6 Å². The van der Waals surface area contributed by atoms with E-state index in [1.165, 1.54) is 11.3 Å². The molecule has 1 fully saturated rings. The van der Waals surface area contributed by atoms with Gasteiger partial charge in [0.05, 0.1) is 22.3 Å². The second kappa shape index (κ2) is 7.11. The van der Waals surface area contributed by atoms with Crippen molar-refractivity contribution in [3.63, 3.8) is 0 Å². The Balaban J connectivity index is 1.73. The summed E-state index contributed by atoms with van der Waals surface area (Å²) >= 11 is 7.65. The van der Waals surface area contributed by atoms with Crippen LogP contribution in [0.1, 0.15) is 45.2 Å². The van der Waals surface area contributed by atoms with Gasteiger partial charge < -0.3 is 10.1 Å². The van der Waals surface area contributed by atoms with Gasteiger partial charge in [0.25, 0.3) is 0 Å². The summed E-state index contributed by atoms with van der Waals surface area (Å²) in [5, 5.41) is 6.57. The smallest absolute Gasteiger partial charge is 0.310 e. The molecule has 1 N–H and O–H groups in total. The van der Waals surface area contributed by atoms with Crippen molar-refractivity contribution >= 4 is 39.7 Å². The van der Waals surface area contributed by atoms with E-state index in [0.717, 1.165) is 35.8 Å². The van der Waals surface area contributed by atoms with E-state index in [4.69, 9.17) is 16.3 Å². The zero-order valence-electron chi connectivity index (χ0n) is 13.8. The summed E-state index contributed by atoms with van der Waals surface area (Å²) in [6.45, 7) is 4.08. The molecule has 1 saturated heterocycles. The first-order chi connectivity index (χ1) is 11.5. The number of nitrogens with zero attached hydrogens (tertiary/aromatic N) is 1. The molecule has 0 spiro atoms. The largest absolute Gasteiger partial charge is 0.453 e. The van der Waals surface area contributed by atoms with Crippen LogP contribution >= 0.6 is 22.9 Å². The van der Waals surface area contributed by atoms with Gasteiger partial charge >= 0.3 is 5.97 Å². The van der Waals surface area contributed by atoms with E-state index in [0.29, 0.717) is 11.4 Å². The number of benzene rings is 1. The number of unbranched alkanes of at least 4 members (excludes halogenated alkanes) is 1. The van der Waals surface area contributed by atoms with Gasteiger partial charge in [0.15, 0.2) is 10.7 Å². The van der Waals surface area contributed by atoms with Crippen molar-refractivity contribution in [3.8, 4) is 0 Å². The molecule has 1 aliphatic heterocycles. The number of cyclic esters (lactones) is 1. The van der Waals surface area contributed by atoms with Gasteiger partial charge in [-0.05, 0) is 25.5 Å². The predicted molar refractivity (Wildman–Crippen MR) is 97.9 cm³/mol. The third kappa shape index (κ3) is 3.57. The summed E-state index contributed by atoms with van der Waals surface area (Å²) in [4.78, 5) is 16.8. The van der Waals surface area contributed by atoms with E-state index in [1.54, 1.807) is 0 Å². The van der Waals surface area contributed by atoms with E-state index >= 15 is 0 Å². The zero-order chi connectivity index (χ0) is 17.2. The lowest BCUT2D eigenvalue weighted by Gasteiger charge is -2.20. The molecule has 2 aromatic rings. The Labute approximate surface area is 151 Å². The second-order valence-corrected chi connectivity index (χ2v) is 7.60. The highest BCUT2D eigenvalue weighted by molar-refractivity contribution is 7.13. The molecule has 2 heterocycles. The van der Waals surface area contributed by atoms with Crippen LogP contribution in [0, 0.1) is 5.92 Å². The zero-order valence-corrected chi connectivity index (χ0v) is 15.4. The highest BCUT2D eigenvalue weighted by Crippen LogP contribution is 2.42. The number of rotatable bonds is 6. The quantitative estimate of drug-likeness (QED) is 0.687. The maximum absolute atomic E-state index is 12.1. The van der Waals surface area contributed by atoms with Crippen LogP contribution < -0.4 is 5.32 Å². The Bertz CT molecular complexity index is 733. The Kier molecular flexibility index (Phi) is 5.11. The standard InChI is InChI=1S/C18H21ClN2O2S/c1-3-4-7-12-10-18(2,23-16(12)22)15-11-24-17(21-15)20-14-9-6-5-8-13(14)19/h5-6,8-9,11-12H,3-4,7,10H2,1-2H3,(H,20,21)/t12-,18+/m0/s1. The van der Waals surface area contributed by atoms with E-state index in [1.807, 2.05) is 36.6 Å². The molecule has 3 rings (SSSR count).